The first kappa shape index (κ1) is 40.7. The number of phenolic OH excluding ortho intramolecular Hbond substituents is 1. The SMILES string of the molecule is CC.[CH2-]Cc1c(SC(CC)CCC(CCC)C(=O)O)nnc(-c2c(O)cc(OC(F)F)cc2CC2CCC2)c1CCCC.[U]. The van der Waals surface area contributed by atoms with E-state index in [1.807, 2.05) is 20.8 Å². The number of rotatable bonds is 18. The smallest absolute Gasteiger partial charge is 0.387 e. The molecule has 1 aromatic heterocycles. The molecule has 0 spiro atoms. The molecular weight excluding hydrogens is 808 g/mol. The average molecular weight is 860 g/mol. The van der Waals surface area contributed by atoms with Gasteiger partial charge in [-0.05, 0) is 73.6 Å². The summed E-state index contributed by atoms with van der Waals surface area (Å²) in [5.74, 6) is -0.848. The van der Waals surface area contributed by atoms with E-state index in [9.17, 15) is 23.8 Å². The maximum atomic E-state index is 13.0. The standard InChI is InChI=1S/C32H45F2N2O4S.C2H6.U/c1-5-9-14-26-25(8-4)30(41-24(7-3)16-15-21(11-6-2)31(38)39)36-35-29(26)28-22(17-20-12-10-13-20)18-23(19-27(28)37)40-32(33)34;1-2;/h18-21,24,32,37H,4-17H2,1-3H3,(H,38,39);1-2H3;/q-1;;. The van der Waals surface area contributed by atoms with Crippen LogP contribution in [0, 0.1) is 49.9 Å². The second-order valence-corrected chi connectivity index (χ2v) is 12.4. The third-order valence-corrected chi connectivity index (χ3v) is 9.56. The average Bonchev–Trinajstić information content (AvgIpc) is 2.95. The van der Waals surface area contributed by atoms with Crippen molar-refractivity contribution < 1.29 is 59.6 Å². The van der Waals surface area contributed by atoms with Gasteiger partial charge >= 0.3 is 12.6 Å². The molecule has 2 aromatic rings. The van der Waals surface area contributed by atoms with Gasteiger partial charge in [-0.25, -0.2) is 0 Å². The predicted molar refractivity (Wildman–Crippen MR) is 171 cm³/mol. The molecule has 3 rings (SSSR count). The van der Waals surface area contributed by atoms with Crippen LogP contribution in [0.5, 0.6) is 11.5 Å². The van der Waals surface area contributed by atoms with Gasteiger partial charge in [0.05, 0.1) is 5.92 Å². The second kappa shape index (κ2) is 21.4. The van der Waals surface area contributed by atoms with E-state index in [2.05, 4.69) is 35.7 Å². The molecular formula is C34H51F2N2O4SU-. The van der Waals surface area contributed by atoms with Gasteiger partial charge < -0.3 is 21.9 Å². The molecule has 1 saturated carbocycles. The third-order valence-electron chi connectivity index (χ3n) is 8.10. The minimum absolute atomic E-state index is 0. The maximum absolute atomic E-state index is 13.0. The Bertz CT molecular complexity index is 1150. The number of ether oxygens (including phenoxy) is 1. The number of aliphatic carboxylic acids is 1. The van der Waals surface area contributed by atoms with Crippen LogP contribution in [0.3, 0.4) is 0 Å². The predicted octanol–water partition coefficient (Wildman–Crippen LogP) is 9.69. The normalized spacial score (nSPS) is 14.2. The number of aromatic hydroxyl groups is 1. The van der Waals surface area contributed by atoms with E-state index in [-0.39, 0.29) is 53.8 Å². The molecule has 0 amide bonds. The number of alkyl halides is 2. The summed E-state index contributed by atoms with van der Waals surface area (Å²) in [6, 6.07) is 2.85. The fourth-order valence-electron chi connectivity index (χ4n) is 5.57. The number of carboxylic acid groups (broad SMARTS) is 1. The topological polar surface area (TPSA) is 92.5 Å². The van der Waals surface area contributed by atoms with Gasteiger partial charge in [0.2, 0.25) is 0 Å². The van der Waals surface area contributed by atoms with Crippen LogP contribution in [-0.2, 0) is 24.1 Å². The summed E-state index contributed by atoms with van der Waals surface area (Å²) in [5.41, 5.74) is 3.83. The molecule has 1 aliphatic rings. The van der Waals surface area contributed by atoms with Crippen molar-refractivity contribution in [1.29, 1.82) is 0 Å². The molecule has 0 radical (unpaired) electrons. The van der Waals surface area contributed by atoms with E-state index >= 15 is 0 Å². The summed E-state index contributed by atoms with van der Waals surface area (Å²) in [6.07, 6.45) is 10.8. The van der Waals surface area contributed by atoms with Crippen molar-refractivity contribution in [3.63, 3.8) is 0 Å². The van der Waals surface area contributed by atoms with E-state index in [1.165, 1.54) is 6.07 Å². The number of hydrogen-bond donors (Lipinski definition) is 2. The Morgan fingerprint density at radius 1 is 1.09 bits per heavy atom. The molecule has 1 heterocycles. The Morgan fingerprint density at radius 3 is 2.32 bits per heavy atom. The second-order valence-electron chi connectivity index (χ2n) is 11.1. The summed E-state index contributed by atoms with van der Waals surface area (Å²) in [4.78, 5) is 11.7. The monoisotopic (exact) mass is 859 g/mol. The maximum Gasteiger partial charge on any atom is 0.387 e. The largest absolute Gasteiger partial charge is 0.507 e. The van der Waals surface area contributed by atoms with E-state index < -0.39 is 12.6 Å². The number of nitrogens with zero attached hydrogens (tertiary/aromatic N) is 2. The number of thioether (sulfide) groups is 1. The molecule has 0 bridgehead atoms. The molecule has 2 N–H and O–H groups in total. The molecule has 10 heteroatoms. The summed E-state index contributed by atoms with van der Waals surface area (Å²) in [5, 5.41) is 31.0. The number of benzene rings is 1. The van der Waals surface area contributed by atoms with Gasteiger partial charge in [0.1, 0.15) is 22.2 Å². The fraction of sp³-hybridized carbons (Fsp3) is 0.647. The van der Waals surface area contributed by atoms with Crippen molar-refractivity contribution in [3.05, 3.63) is 35.7 Å². The summed E-state index contributed by atoms with van der Waals surface area (Å²) in [6.45, 7) is 11.5. The van der Waals surface area contributed by atoms with Crippen molar-refractivity contribution >= 4 is 17.7 Å². The molecule has 1 fully saturated rings. The Kier molecular flexibility index (Phi) is 19.8. The van der Waals surface area contributed by atoms with Crippen LogP contribution in [0.1, 0.15) is 116 Å². The molecule has 2 atom stereocenters. The number of hydrogen-bond acceptors (Lipinski definition) is 6. The number of aromatic nitrogens is 2. The number of halogens is 2. The first-order valence-electron chi connectivity index (χ1n) is 16.1. The summed E-state index contributed by atoms with van der Waals surface area (Å²) in [7, 11) is 0. The van der Waals surface area contributed by atoms with E-state index in [4.69, 9.17) is 0 Å². The molecule has 6 nitrogen and oxygen atoms in total. The van der Waals surface area contributed by atoms with Crippen LogP contribution in [0.25, 0.3) is 11.3 Å². The number of phenols is 1. The zero-order valence-electron chi connectivity index (χ0n) is 27.1. The van der Waals surface area contributed by atoms with Crippen molar-refractivity contribution in [3.8, 4) is 22.8 Å². The molecule has 2 unspecified atom stereocenters. The Hall–Kier alpha value is -1.37. The van der Waals surface area contributed by atoms with E-state index in [0.29, 0.717) is 42.9 Å². The molecule has 1 aliphatic carbocycles. The summed E-state index contributed by atoms with van der Waals surface area (Å²) < 4.78 is 30.7. The van der Waals surface area contributed by atoms with Gasteiger partial charge in [-0.15, -0.1) is 22.0 Å². The Balaban J connectivity index is 0.00000316. The third kappa shape index (κ3) is 11.8. The Morgan fingerprint density at radius 2 is 1.80 bits per heavy atom. The van der Waals surface area contributed by atoms with Gasteiger partial charge in [-0.3, -0.25) is 4.79 Å². The van der Waals surface area contributed by atoms with Crippen LogP contribution >= 0.6 is 11.8 Å². The molecule has 246 valence electrons. The zero-order chi connectivity index (χ0) is 31.9. The molecule has 0 saturated heterocycles. The number of unbranched alkanes of at least 4 members (excludes halogenated alkanes) is 1. The van der Waals surface area contributed by atoms with Gasteiger partial charge in [-0.1, -0.05) is 66.7 Å². The van der Waals surface area contributed by atoms with E-state index in [1.54, 1.807) is 17.8 Å². The fourth-order valence-corrected chi connectivity index (χ4v) is 6.76. The minimum atomic E-state index is -2.98. The van der Waals surface area contributed by atoms with Crippen molar-refractivity contribution in [2.45, 2.75) is 135 Å². The molecule has 1 aromatic carbocycles. The first-order chi connectivity index (χ1) is 20.7. The van der Waals surface area contributed by atoms with Gasteiger partial charge in [0, 0.05) is 48.0 Å². The van der Waals surface area contributed by atoms with Crippen LogP contribution < -0.4 is 4.74 Å². The van der Waals surface area contributed by atoms with Crippen molar-refractivity contribution in [2.75, 3.05) is 0 Å². The van der Waals surface area contributed by atoms with Crippen LogP contribution in [0.4, 0.5) is 8.78 Å². The summed E-state index contributed by atoms with van der Waals surface area (Å²) >= 11 is 1.63. The Labute approximate surface area is 291 Å². The minimum Gasteiger partial charge on any atom is -0.507 e. The van der Waals surface area contributed by atoms with Crippen molar-refractivity contribution in [1.82, 2.24) is 10.2 Å². The number of carbonyl (C=O) groups is 1. The van der Waals surface area contributed by atoms with Crippen LogP contribution in [0.15, 0.2) is 17.2 Å². The number of carboxylic acids is 1. The molecule has 44 heavy (non-hydrogen) atoms. The zero-order valence-corrected chi connectivity index (χ0v) is 32.1. The van der Waals surface area contributed by atoms with Crippen LogP contribution in [-0.4, -0.2) is 38.2 Å². The van der Waals surface area contributed by atoms with E-state index in [0.717, 1.165) is 79.5 Å². The van der Waals surface area contributed by atoms with Crippen molar-refractivity contribution in [2.24, 2.45) is 11.8 Å². The quantitative estimate of drug-likeness (QED) is 0.114. The van der Waals surface area contributed by atoms with Gasteiger partial charge in [-0.2, -0.15) is 15.2 Å². The van der Waals surface area contributed by atoms with Gasteiger partial charge in [0.15, 0.2) is 0 Å². The van der Waals surface area contributed by atoms with Gasteiger partial charge in [0.25, 0.3) is 0 Å². The molecule has 0 aliphatic heterocycles. The first-order valence-corrected chi connectivity index (χ1v) is 17.0. The van der Waals surface area contributed by atoms with Crippen LogP contribution in [0.2, 0.25) is 0 Å².